The van der Waals surface area contributed by atoms with Gasteiger partial charge in [-0.05, 0) is 44.9 Å². The quantitative estimate of drug-likeness (QED) is 0.0448. The maximum absolute atomic E-state index is 12.4. The summed E-state index contributed by atoms with van der Waals surface area (Å²) in [6.45, 7) is 4.31. The molecule has 0 radical (unpaired) electrons. The Morgan fingerprint density at radius 2 is 0.792 bits per heavy atom. The molecule has 284 valence electrons. The van der Waals surface area contributed by atoms with Gasteiger partial charge in [-0.15, -0.1) is 0 Å². The number of hydrogen-bond donors (Lipinski definition) is 3. The Hall–Kier alpha value is -1.13. The molecule has 0 aromatic carbocycles. The van der Waals surface area contributed by atoms with Gasteiger partial charge < -0.3 is 15.5 Å². The average molecular weight is 676 g/mol. The Balaban J connectivity index is 3.54. The predicted octanol–water partition coefficient (Wildman–Crippen LogP) is 13.2. The number of allylic oxidation sites excluding steroid dienone is 3. The van der Waals surface area contributed by atoms with E-state index in [2.05, 4.69) is 31.3 Å². The number of aliphatic hydroxyl groups is 2. The van der Waals surface area contributed by atoms with Gasteiger partial charge in [0, 0.05) is 6.42 Å². The van der Waals surface area contributed by atoms with E-state index in [0.29, 0.717) is 6.42 Å². The fourth-order valence-corrected chi connectivity index (χ4v) is 6.58. The summed E-state index contributed by atoms with van der Waals surface area (Å²) in [5.74, 6) is -0.0636. The van der Waals surface area contributed by atoms with Crippen molar-refractivity contribution in [1.82, 2.24) is 5.32 Å². The molecule has 1 amide bonds. The SMILES string of the molecule is CCCCCCCC/C=C/CCCCCCCCCCCCCC(=O)N[C@@H](CO)[C@H](O)/C=C/CCCCCCCCCCCCCCC. The van der Waals surface area contributed by atoms with Crippen LogP contribution in [0.15, 0.2) is 24.3 Å². The van der Waals surface area contributed by atoms with Gasteiger partial charge in [0.2, 0.25) is 5.91 Å². The molecular formula is C44H85NO3. The summed E-state index contributed by atoms with van der Waals surface area (Å²) >= 11 is 0. The molecule has 0 aromatic rings. The third-order valence-corrected chi connectivity index (χ3v) is 9.93. The highest BCUT2D eigenvalue weighted by Gasteiger charge is 2.17. The first-order valence-corrected chi connectivity index (χ1v) is 21.6. The van der Waals surface area contributed by atoms with Crippen LogP contribution in [0.4, 0.5) is 0 Å². The molecular weight excluding hydrogens is 590 g/mol. The van der Waals surface area contributed by atoms with Gasteiger partial charge in [0.15, 0.2) is 0 Å². The fourth-order valence-electron chi connectivity index (χ4n) is 6.58. The third-order valence-electron chi connectivity index (χ3n) is 9.93. The van der Waals surface area contributed by atoms with Crippen molar-refractivity contribution < 1.29 is 15.0 Å². The lowest BCUT2D eigenvalue weighted by Crippen LogP contribution is -2.45. The van der Waals surface area contributed by atoms with E-state index < -0.39 is 12.1 Å². The summed E-state index contributed by atoms with van der Waals surface area (Å²) in [4.78, 5) is 12.4. The highest BCUT2D eigenvalue weighted by atomic mass is 16.3. The van der Waals surface area contributed by atoms with Crippen LogP contribution in [0.25, 0.3) is 0 Å². The zero-order chi connectivity index (χ0) is 35.0. The van der Waals surface area contributed by atoms with Gasteiger partial charge in [0.1, 0.15) is 0 Å². The molecule has 0 aromatic heterocycles. The van der Waals surface area contributed by atoms with E-state index in [-0.39, 0.29) is 12.5 Å². The number of aliphatic hydroxyl groups excluding tert-OH is 2. The Kier molecular flexibility index (Phi) is 39.4. The molecule has 0 spiro atoms. The predicted molar refractivity (Wildman–Crippen MR) is 212 cm³/mol. The van der Waals surface area contributed by atoms with Gasteiger partial charge in [0.25, 0.3) is 0 Å². The van der Waals surface area contributed by atoms with Gasteiger partial charge in [0.05, 0.1) is 18.8 Å². The Bertz CT molecular complexity index is 691. The molecule has 3 N–H and O–H groups in total. The highest BCUT2D eigenvalue weighted by molar-refractivity contribution is 5.76. The second-order valence-electron chi connectivity index (χ2n) is 14.8. The van der Waals surface area contributed by atoms with Crippen LogP contribution in [0.3, 0.4) is 0 Å². The van der Waals surface area contributed by atoms with E-state index >= 15 is 0 Å². The van der Waals surface area contributed by atoms with E-state index in [0.717, 1.165) is 25.7 Å². The molecule has 0 saturated heterocycles. The number of carbonyl (C=O) groups is 1. The standard InChI is InChI=1S/C44H85NO3/c1-3-5-7-9-11-13-15-17-19-20-21-22-23-24-26-28-30-32-34-36-38-40-44(48)45-42(41-46)43(47)39-37-35-33-31-29-27-25-18-16-14-12-10-8-6-4-2/h17,19,37,39,42-43,46-47H,3-16,18,20-36,38,40-41H2,1-2H3,(H,45,48)/b19-17+,39-37+/t42-,43+/m0/s1. The third kappa shape index (κ3) is 36.2. The van der Waals surface area contributed by atoms with Crippen LogP contribution in [0.5, 0.6) is 0 Å². The maximum atomic E-state index is 12.4. The van der Waals surface area contributed by atoms with E-state index in [1.165, 1.54) is 186 Å². The van der Waals surface area contributed by atoms with Crippen molar-refractivity contribution in [1.29, 1.82) is 0 Å². The Labute approximate surface area is 300 Å². The first-order valence-electron chi connectivity index (χ1n) is 21.6. The highest BCUT2D eigenvalue weighted by Crippen LogP contribution is 2.15. The van der Waals surface area contributed by atoms with Gasteiger partial charge in [-0.2, -0.15) is 0 Å². The van der Waals surface area contributed by atoms with Crippen molar-refractivity contribution in [2.45, 2.75) is 244 Å². The van der Waals surface area contributed by atoms with Crippen LogP contribution >= 0.6 is 0 Å². The molecule has 0 aliphatic heterocycles. The van der Waals surface area contributed by atoms with Crippen LogP contribution < -0.4 is 5.32 Å². The summed E-state index contributed by atoms with van der Waals surface area (Å²) in [6, 6.07) is -0.619. The number of carbonyl (C=O) groups excluding carboxylic acids is 1. The van der Waals surface area contributed by atoms with Crippen molar-refractivity contribution in [3.63, 3.8) is 0 Å². The topological polar surface area (TPSA) is 69.6 Å². The smallest absolute Gasteiger partial charge is 0.220 e. The van der Waals surface area contributed by atoms with Crippen molar-refractivity contribution in [2.24, 2.45) is 0 Å². The first-order chi connectivity index (χ1) is 23.7. The molecule has 0 rings (SSSR count). The molecule has 4 nitrogen and oxygen atoms in total. The summed E-state index contributed by atoms with van der Waals surface area (Å²) in [5.41, 5.74) is 0. The minimum Gasteiger partial charge on any atom is -0.394 e. The summed E-state index contributed by atoms with van der Waals surface area (Å²) in [5, 5.41) is 23.0. The monoisotopic (exact) mass is 676 g/mol. The molecule has 4 heteroatoms. The number of nitrogens with one attached hydrogen (secondary N) is 1. The number of rotatable bonds is 39. The van der Waals surface area contributed by atoms with Crippen molar-refractivity contribution >= 4 is 5.91 Å². The zero-order valence-corrected chi connectivity index (χ0v) is 32.5. The molecule has 0 aliphatic rings. The summed E-state index contributed by atoms with van der Waals surface area (Å²) < 4.78 is 0. The molecule has 0 aliphatic carbocycles. The summed E-state index contributed by atoms with van der Waals surface area (Å²) in [7, 11) is 0. The summed E-state index contributed by atoms with van der Waals surface area (Å²) in [6.07, 6.45) is 51.3. The zero-order valence-electron chi connectivity index (χ0n) is 32.5. The lowest BCUT2D eigenvalue weighted by atomic mass is 10.0. The van der Waals surface area contributed by atoms with Crippen LogP contribution in [0, 0.1) is 0 Å². The Morgan fingerprint density at radius 3 is 1.15 bits per heavy atom. The van der Waals surface area contributed by atoms with E-state index in [4.69, 9.17) is 0 Å². The first kappa shape index (κ1) is 46.9. The second kappa shape index (κ2) is 40.3. The molecule has 0 unspecified atom stereocenters. The Morgan fingerprint density at radius 1 is 0.479 bits per heavy atom. The van der Waals surface area contributed by atoms with Crippen molar-refractivity contribution in [2.75, 3.05) is 6.61 Å². The number of amides is 1. The lowest BCUT2D eigenvalue weighted by molar-refractivity contribution is -0.123. The van der Waals surface area contributed by atoms with E-state index in [1.807, 2.05) is 6.08 Å². The number of hydrogen-bond acceptors (Lipinski definition) is 3. The second-order valence-corrected chi connectivity index (χ2v) is 14.8. The largest absolute Gasteiger partial charge is 0.394 e. The van der Waals surface area contributed by atoms with E-state index in [9.17, 15) is 15.0 Å². The molecule has 48 heavy (non-hydrogen) atoms. The fraction of sp³-hybridized carbons (Fsp3) is 0.886. The minimum atomic E-state index is -0.836. The van der Waals surface area contributed by atoms with Crippen molar-refractivity contribution in [3.05, 3.63) is 24.3 Å². The lowest BCUT2D eigenvalue weighted by Gasteiger charge is -2.20. The van der Waals surface area contributed by atoms with Gasteiger partial charge in [-0.25, -0.2) is 0 Å². The number of unbranched alkanes of at least 4 members (excludes halogenated alkanes) is 30. The van der Waals surface area contributed by atoms with Crippen LogP contribution in [-0.4, -0.2) is 34.9 Å². The van der Waals surface area contributed by atoms with E-state index in [1.54, 1.807) is 6.08 Å². The van der Waals surface area contributed by atoms with Crippen LogP contribution in [-0.2, 0) is 4.79 Å². The van der Waals surface area contributed by atoms with Crippen LogP contribution in [0.2, 0.25) is 0 Å². The molecule has 0 fully saturated rings. The normalized spacial score (nSPS) is 13.2. The average Bonchev–Trinajstić information content (AvgIpc) is 3.09. The van der Waals surface area contributed by atoms with Gasteiger partial charge >= 0.3 is 0 Å². The van der Waals surface area contributed by atoms with Gasteiger partial charge in [-0.1, -0.05) is 205 Å². The molecule has 0 bridgehead atoms. The maximum Gasteiger partial charge on any atom is 0.220 e. The van der Waals surface area contributed by atoms with Gasteiger partial charge in [-0.3, -0.25) is 4.79 Å². The molecule has 0 heterocycles. The van der Waals surface area contributed by atoms with Crippen molar-refractivity contribution in [3.8, 4) is 0 Å². The minimum absolute atomic E-state index is 0.0636. The molecule has 0 saturated carbocycles. The molecule has 2 atom stereocenters. The van der Waals surface area contributed by atoms with Crippen LogP contribution in [0.1, 0.15) is 232 Å².